The van der Waals surface area contributed by atoms with Crippen molar-refractivity contribution in [3.8, 4) is 44.5 Å². The molecule has 0 unspecified atom stereocenters. The Bertz CT molecular complexity index is 3120. The minimum Gasteiger partial charge on any atom is -0.335 e. The number of benzene rings is 10. The third kappa shape index (κ3) is 5.45. The molecule has 0 aromatic heterocycles. The predicted octanol–water partition coefficient (Wildman–Crippen LogP) is 15.8. The fraction of sp³-hybridized carbons (Fsp3) is 0.0877. The van der Waals surface area contributed by atoms with Crippen LogP contribution in [0, 0.1) is 0 Å². The molecule has 1 aliphatic heterocycles. The van der Waals surface area contributed by atoms with E-state index in [2.05, 4.69) is 219 Å². The van der Waals surface area contributed by atoms with Gasteiger partial charge in [0.2, 0.25) is 0 Å². The Morgan fingerprint density at radius 3 is 1.31 bits per heavy atom. The van der Waals surface area contributed by atoms with Crippen LogP contribution in [-0.4, -0.2) is 5.54 Å². The molecule has 0 atom stereocenters. The van der Waals surface area contributed by atoms with Gasteiger partial charge >= 0.3 is 0 Å². The van der Waals surface area contributed by atoms with Crippen LogP contribution in [0.25, 0.3) is 87.6 Å². The molecule has 0 saturated heterocycles. The monoisotopic (exact) mass is 741 g/mol. The summed E-state index contributed by atoms with van der Waals surface area (Å²) in [5, 5.41) is 10.2. The van der Waals surface area contributed by atoms with Crippen LogP contribution < -0.4 is 4.90 Å². The maximum absolute atomic E-state index is 2.64. The van der Waals surface area contributed by atoms with Gasteiger partial charge in [-0.25, -0.2) is 0 Å². The van der Waals surface area contributed by atoms with Gasteiger partial charge in [0.25, 0.3) is 0 Å². The van der Waals surface area contributed by atoms with Crippen LogP contribution in [0.3, 0.4) is 0 Å². The normalized spacial score (nSPS) is 13.7. The Morgan fingerprint density at radius 2 is 0.741 bits per heavy atom. The highest BCUT2D eigenvalue weighted by atomic mass is 15.2. The van der Waals surface area contributed by atoms with E-state index in [1.54, 1.807) is 0 Å². The van der Waals surface area contributed by atoms with Crippen molar-refractivity contribution in [2.45, 2.75) is 32.2 Å². The Balaban J connectivity index is 1.13. The Kier molecular flexibility index (Phi) is 8.05. The van der Waals surface area contributed by atoms with Gasteiger partial charge in [-0.15, -0.1) is 0 Å². The number of hydrogen-bond acceptors (Lipinski definition) is 1. The molecular weight excluding hydrogens is 699 g/mol. The zero-order valence-electron chi connectivity index (χ0n) is 32.9. The highest BCUT2D eigenvalue weighted by molar-refractivity contribution is 6.23. The fourth-order valence-electron chi connectivity index (χ4n) is 9.92. The summed E-state index contributed by atoms with van der Waals surface area (Å²) in [6, 6.07) is 74.2. The molecule has 0 saturated carbocycles. The molecule has 10 aromatic rings. The summed E-state index contributed by atoms with van der Waals surface area (Å²) in [6.45, 7) is 4.81. The maximum atomic E-state index is 2.64. The zero-order chi connectivity index (χ0) is 38.8. The first kappa shape index (κ1) is 34.3. The standard InChI is InChI=1S/C57H43N/c1-57(2)36-35-39-19-9-16-28-52(39)58(57)56-49-26-14-12-24-46(49)54(47-25-13-15-27-50(47)56)42-31-29-41(30-32-42)53-44-22-10-11-23-45(44)55(40-20-7-4-8-21-40)51-37-43(33-34-48(51)53)38-17-5-3-6-18-38/h3-34,37H,35-36H2,1-2H3. The fourth-order valence-corrected chi connectivity index (χ4v) is 9.92. The van der Waals surface area contributed by atoms with Gasteiger partial charge in [0.05, 0.1) is 5.69 Å². The number of hydrogen-bond donors (Lipinski definition) is 0. The zero-order valence-corrected chi connectivity index (χ0v) is 32.9. The van der Waals surface area contributed by atoms with Crippen LogP contribution in [0.4, 0.5) is 11.4 Å². The second kappa shape index (κ2) is 13.6. The van der Waals surface area contributed by atoms with Gasteiger partial charge in [0.15, 0.2) is 0 Å². The molecule has 0 spiro atoms. The van der Waals surface area contributed by atoms with Crippen LogP contribution >= 0.6 is 0 Å². The van der Waals surface area contributed by atoms with Crippen LogP contribution in [0.5, 0.6) is 0 Å². The molecule has 10 aromatic carbocycles. The lowest BCUT2D eigenvalue weighted by Crippen LogP contribution is -2.44. The predicted molar refractivity (Wildman–Crippen MR) is 249 cm³/mol. The molecule has 1 aliphatic rings. The largest absolute Gasteiger partial charge is 0.335 e. The summed E-state index contributed by atoms with van der Waals surface area (Å²) in [6.07, 6.45) is 2.19. The molecule has 1 heteroatoms. The Labute approximate surface area is 340 Å². The minimum absolute atomic E-state index is 0.0491. The summed E-state index contributed by atoms with van der Waals surface area (Å²) >= 11 is 0. The van der Waals surface area contributed by atoms with Crippen molar-refractivity contribution in [2.75, 3.05) is 4.90 Å². The highest BCUT2D eigenvalue weighted by Gasteiger charge is 2.36. The van der Waals surface area contributed by atoms with Crippen molar-refractivity contribution in [3.05, 3.63) is 206 Å². The highest BCUT2D eigenvalue weighted by Crippen LogP contribution is 2.51. The summed E-state index contributed by atoms with van der Waals surface area (Å²) in [5.74, 6) is 0. The van der Waals surface area contributed by atoms with Gasteiger partial charge in [-0.2, -0.15) is 0 Å². The molecule has 1 heterocycles. The molecule has 1 nitrogen and oxygen atoms in total. The molecule has 0 aliphatic carbocycles. The van der Waals surface area contributed by atoms with Crippen LogP contribution in [-0.2, 0) is 6.42 Å². The van der Waals surface area contributed by atoms with E-state index in [-0.39, 0.29) is 5.54 Å². The van der Waals surface area contributed by atoms with E-state index >= 15 is 0 Å². The number of aryl methyl sites for hydroxylation is 1. The summed E-state index contributed by atoms with van der Waals surface area (Å²) in [5.41, 5.74) is 13.9. The first-order chi connectivity index (χ1) is 28.5. The molecule has 0 amide bonds. The lowest BCUT2D eigenvalue weighted by molar-refractivity contribution is 0.449. The van der Waals surface area contributed by atoms with Crippen LogP contribution in [0.1, 0.15) is 25.8 Å². The summed E-state index contributed by atoms with van der Waals surface area (Å²) < 4.78 is 0. The Hall–Kier alpha value is -6.96. The van der Waals surface area contributed by atoms with Gasteiger partial charge < -0.3 is 4.90 Å². The van der Waals surface area contributed by atoms with Gasteiger partial charge in [0, 0.05) is 22.0 Å². The van der Waals surface area contributed by atoms with Crippen molar-refractivity contribution < 1.29 is 0 Å². The molecule has 0 radical (unpaired) electrons. The number of anilines is 2. The van der Waals surface area contributed by atoms with Gasteiger partial charge in [0.1, 0.15) is 0 Å². The topological polar surface area (TPSA) is 3.24 Å². The van der Waals surface area contributed by atoms with E-state index < -0.39 is 0 Å². The SMILES string of the molecule is CC1(C)CCc2ccccc2N1c1c2ccccc2c(-c2ccc(-c3c4ccccc4c(-c4ccccc4)c4cc(-c5ccccc5)ccc34)cc2)c2ccccc12. The van der Waals surface area contributed by atoms with Gasteiger partial charge in [-0.1, -0.05) is 188 Å². The number of fused-ring (bicyclic) bond motifs is 5. The van der Waals surface area contributed by atoms with Crippen LogP contribution in [0.15, 0.2) is 200 Å². The van der Waals surface area contributed by atoms with Crippen molar-refractivity contribution in [1.29, 1.82) is 0 Å². The van der Waals surface area contributed by atoms with E-state index in [1.165, 1.54) is 105 Å². The quantitative estimate of drug-likeness (QED) is 0.159. The van der Waals surface area contributed by atoms with Gasteiger partial charge in [-0.05, 0) is 121 Å². The van der Waals surface area contributed by atoms with E-state index in [1.807, 2.05) is 0 Å². The van der Waals surface area contributed by atoms with E-state index in [0.29, 0.717) is 0 Å². The van der Waals surface area contributed by atoms with Crippen molar-refractivity contribution >= 4 is 54.5 Å². The van der Waals surface area contributed by atoms with Gasteiger partial charge in [-0.3, -0.25) is 0 Å². The molecule has 11 rings (SSSR count). The third-order valence-electron chi connectivity index (χ3n) is 12.6. The molecule has 58 heavy (non-hydrogen) atoms. The first-order valence-electron chi connectivity index (χ1n) is 20.6. The molecule has 0 bridgehead atoms. The van der Waals surface area contributed by atoms with E-state index in [9.17, 15) is 0 Å². The number of nitrogens with zero attached hydrogens (tertiary/aromatic N) is 1. The Morgan fingerprint density at radius 1 is 0.345 bits per heavy atom. The number of rotatable bonds is 5. The third-order valence-corrected chi connectivity index (χ3v) is 12.6. The smallest absolute Gasteiger partial charge is 0.0575 e. The molecule has 0 N–H and O–H groups in total. The average molecular weight is 742 g/mol. The first-order valence-corrected chi connectivity index (χ1v) is 20.6. The molecule has 0 fully saturated rings. The molecular formula is C57H43N. The lowest BCUT2D eigenvalue weighted by Gasteiger charge is -2.46. The maximum Gasteiger partial charge on any atom is 0.0575 e. The minimum atomic E-state index is -0.0491. The summed E-state index contributed by atoms with van der Waals surface area (Å²) in [7, 11) is 0. The van der Waals surface area contributed by atoms with Crippen molar-refractivity contribution in [3.63, 3.8) is 0 Å². The van der Waals surface area contributed by atoms with Crippen molar-refractivity contribution in [2.24, 2.45) is 0 Å². The second-order valence-electron chi connectivity index (χ2n) is 16.5. The average Bonchev–Trinajstić information content (AvgIpc) is 3.28. The second-order valence-corrected chi connectivity index (χ2v) is 16.5. The van der Waals surface area contributed by atoms with E-state index in [4.69, 9.17) is 0 Å². The van der Waals surface area contributed by atoms with Crippen LogP contribution in [0.2, 0.25) is 0 Å². The molecule has 276 valence electrons. The summed E-state index contributed by atoms with van der Waals surface area (Å²) in [4.78, 5) is 2.64. The van der Waals surface area contributed by atoms with Crippen molar-refractivity contribution in [1.82, 2.24) is 0 Å². The number of para-hydroxylation sites is 1. The lowest BCUT2D eigenvalue weighted by atomic mass is 9.83. The van der Waals surface area contributed by atoms with E-state index in [0.717, 1.165) is 12.8 Å².